The molecule has 1 N–H and O–H groups in total. The van der Waals surface area contributed by atoms with Gasteiger partial charge in [0.15, 0.2) is 18.1 Å². The molecule has 0 saturated heterocycles. The molecule has 36 heavy (non-hydrogen) atoms. The lowest BCUT2D eigenvalue weighted by atomic mass is 10.1. The molecule has 2 aromatic carbocycles. The second-order valence-corrected chi connectivity index (χ2v) is 8.03. The van der Waals surface area contributed by atoms with E-state index >= 15 is 0 Å². The summed E-state index contributed by atoms with van der Waals surface area (Å²) in [7, 11) is 2.94. The van der Waals surface area contributed by atoms with Gasteiger partial charge in [-0.05, 0) is 44.2 Å². The summed E-state index contributed by atoms with van der Waals surface area (Å²) in [5.74, 6) is 0.571. The van der Waals surface area contributed by atoms with Crippen LogP contribution < -0.4 is 24.3 Å². The molecule has 0 fully saturated rings. The van der Waals surface area contributed by atoms with Crippen LogP contribution in [-0.2, 0) is 9.53 Å². The van der Waals surface area contributed by atoms with Crippen LogP contribution in [-0.4, -0.2) is 56.4 Å². The Labute approximate surface area is 207 Å². The predicted octanol–water partition coefficient (Wildman–Crippen LogP) is 3.00. The summed E-state index contributed by atoms with van der Waals surface area (Å²) >= 11 is 0. The largest absolute Gasteiger partial charge is 0.497 e. The van der Waals surface area contributed by atoms with E-state index in [1.807, 2.05) is 36.6 Å². The molecule has 1 aromatic heterocycles. The summed E-state index contributed by atoms with van der Waals surface area (Å²) in [4.78, 5) is 37.4. The molecule has 10 nitrogen and oxygen atoms in total. The van der Waals surface area contributed by atoms with Crippen LogP contribution in [0, 0.1) is 13.8 Å². The van der Waals surface area contributed by atoms with Crippen LogP contribution in [0.25, 0.3) is 5.69 Å². The van der Waals surface area contributed by atoms with Gasteiger partial charge in [0, 0.05) is 40.3 Å². The van der Waals surface area contributed by atoms with Gasteiger partial charge in [-0.15, -0.1) is 0 Å². The molecule has 188 valence electrons. The normalized spacial score (nSPS) is 11.7. The van der Waals surface area contributed by atoms with Gasteiger partial charge in [0.2, 0.25) is 12.6 Å². The standard InChI is InChI=1S/C26H26N2O8/c1-15-7-21(16(2)28(15)18-5-6-23-24(10-18)36-14-35-23)22(29)13-34-25(30)12-27-26(31)17-8-19(32-3)11-20(9-17)33-4/h5-11H,12-14H2,1-4H3,(H,27,31). The van der Waals surface area contributed by atoms with Crippen LogP contribution in [0.15, 0.2) is 42.5 Å². The molecule has 3 aromatic rings. The lowest BCUT2D eigenvalue weighted by Gasteiger charge is -2.11. The number of methoxy groups -OCH3 is 2. The van der Waals surface area contributed by atoms with E-state index in [-0.39, 0.29) is 18.1 Å². The van der Waals surface area contributed by atoms with Crippen molar-refractivity contribution in [3.8, 4) is 28.7 Å². The number of rotatable bonds is 9. The fourth-order valence-electron chi connectivity index (χ4n) is 3.93. The fourth-order valence-corrected chi connectivity index (χ4v) is 3.93. The number of carbonyl (C=O) groups is 3. The topological polar surface area (TPSA) is 114 Å². The van der Waals surface area contributed by atoms with E-state index in [1.165, 1.54) is 26.4 Å². The van der Waals surface area contributed by atoms with Crippen LogP contribution in [0.1, 0.15) is 32.1 Å². The van der Waals surface area contributed by atoms with Gasteiger partial charge in [0.1, 0.15) is 18.0 Å². The Balaban J connectivity index is 1.35. The number of nitrogens with one attached hydrogen (secondary N) is 1. The maximum Gasteiger partial charge on any atom is 0.325 e. The molecular formula is C26H26N2O8. The summed E-state index contributed by atoms with van der Waals surface area (Å²) in [6, 6.07) is 11.9. The molecule has 0 aliphatic carbocycles. The molecule has 1 aliphatic heterocycles. The number of fused-ring (bicyclic) bond motifs is 1. The first kappa shape index (κ1) is 24.6. The van der Waals surface area contributed by atoms with Crippen molar-refractivity contribution in [1.29, 1.82) is 0 Å². The third-order valence-corrected chi connectivity index (χ3v) is 5.72. The minimum Gasteiger partial charge on any atom is -0.497 e. The lowest BCUT2D eigenvalue weighted by Crippen LogP contribution is -2.31. The Morgan fingerprint density at radius 3 is 2.33 bits per heavy atom. The van der Waals surface area contributed by atoms with Crippen molar-refractivity contribution < 1.29 is 38.1 Å². The highest BCUT2D eigenvalue weighted by molar-refractivity contribution is 6.00. The molecule has 0 saturated carbocycles. The van der Waals surface area contributed by atoms with E-state index < -0.39 is 25.0 Å². The molecule has 1 aliphatic rings. The average Bonchev–Trinajstić information content (AvgIpc) is 3.48. The van der Waals surface area contributed by atoms with Gasteiger partial charge in [-0.1, -0.05) is 0 Å². The van der Waals surface area contributed by atoms with E-state index in [0.29, 0.717) is 34.3 Å². The van der Waals surface area contributed by atoms with Gasteiger partial charge in [-0.3, -0.25) is 14.4 Å². The van der Waals surface area contributed by atoms with E-state index in [4.69, 9.17) is 23.7 Å². The Kier molecular flexibility index (Phi) is 7.14. The molecule has 0 unspecified atom stereocenters. The van der Waals surface area contributed by atoms with Crippen LogP contribution in [0.3, 0.4) is 0 Å². The number of aromatic nitrogens is 1. The number of hydrogen-bond acceptors (Lipinski definition) is 8. The Hall–Kier alpha value is -4.47. The quantitative estimate of drug-likeness (QED) is 0.357. The number of Topliss-reactive ketones (excluding diaryl/α,β-unsaturated/α-hetero) is 1. The monoisotopic (exact) mass is 494 g/mol. The van der Waals surface area contributed by atoms with Gasteiger partial charge in [-0.2, -0.15) is 0 Å². The molecule has 0 spiro atoms. The zero-order chi connectivity index (χ0) is 25.8. The molecule has 1 amide bonds. The summed E-state index contributed by atoms with van der Waals surface area (Å²) in [6.07, 6.45) is 0. The minimum absolute atomic E-state index is 0.172. The zero-order valence-electron chi connectivity index (χ0n) is 20.4. The SMILES string of the molecule is COc1cc(OC)cc(C(=O)NCC(=O)OCC(=O)c2cc(C)n(-c3ccc4c(c3)OCO4)c2C)c1. The van der Waals surface area contributed by atoms with Gasteiger partial charge >= 0.3 is 5.97 Å². The van der Waals surface area contributed by atoms with Crippen LogP contribution in [0.2, 0.25) is 0 Å². The van der Waals surface area contributed by atoms with E-state index in [0.717, 1.165) is 11.4 Å². The first-order valence-electron chi connectivity index (χ1n) is 11.1. The predicted molar refractivity (Wildman–Crippen MR) is 129 cm³/mol. The summed E-state index contributed by atoms with van der Waals surface area (Å²) < 4.78 is 28.1. The van der Waals surface area contributed by atoms with E-state index in [2.05, 4.69) is 5.32 Å². The van der Waals surface area contributed by atoms with Crippen LogP contribution >= 0.6 is 0 Å². The molecule has 0 bridgehead atoms. The highest BCUT2D eigenvalue weighted by Gasteiger charge is 2.21. The smallest absolute Gasteiger partial charge is 0.325 e. The highest BCUT2D eigenvalue weighted by Crippen LogP contribution is 2.35. The minimum atomic E-state index is -0.740. The fraction of sp³-hybridized carbons (Fsp3) is 0.269. The molecule has 2 heterocycles. The van der Waals surface area contributed by atoms with Crippen molar-refractivity contribution in [3.63, 3.8) is 0 Å². The molecule has 10 heteroatoms. The number of aryl methyl sites for hydroxylation is 1. The number of carbonyl (C=O) groups excluding carboxylic acids is 3. The first-order chi connectivity index (χ1) is 17.3. The Bertz CT molecular complexity index is 1310. The van der Waals surface area contributed by atoms with Crippen LogP contribution in [0.4, 0.5) is 0 Å². The number of hydrogen-bond donors (Lipinski definition) is 1. The third-order valence-electron chi connectivity index (χ3n) is 5.72. The average molecular weight is 495 g/mol. The van der Waals surface area contributed by atoms with Crippen molar-refractivity contribution in [2.24, 2.45) is 0 Å². The number of ketones is 1. The molecule has 4 rings (SSSR count). The molecular weight excluding hydrogens is 468 g/mol. The van der Waals surface area contributed by atoms with E-state index in [1.54, 1.807) is 12.1 Å². The maximum atomic E-state index is 12.8. The van der Waals surface area contributed by atoms with Crippen molar-refractivity contribution in [1.82, 2.24) is 9.88 Å². The molecule has 0 radical (unpaired) electrons. The number of esters is 1. The number of nitrogens with zero attached hydrogens (tertiary/aromatic N) is 1. The first-order valence-corrected chi connectivity index (χ1v) is 11.1. The number of benzene rings is 2. The molecule has 0 atom stereocenters. The summed E-state index contributed by atoms with van der Waals surface area (Å²) in [6.45, 7) is 3.01. The number of amides is 1. The summed E-state index contributed by atoms with van der Waals surface area (Å²) in [5, 5.41) is 2.47. The van der Waals surface area contributed by atoms with Gasteiger partial charge < -0.3 is 33.6 Å². The Morgan fingerprint density at radius 1 is 0.944 bits per heavy atom. The van der Waals surface area contributed by atoms with Crippen molar-refractivity contribution >= 4 is 17.7 Å². The van der Waals surface area contributed by atoms with E-state index in [9.17, 15) is 14.4 Å². The number of ether oxygens (including phenoxy) is 5. The zero-order valence-corrected chi connectivity index (χ0v) is 20.4. The maximum absolute atomic E-state index is 12.8. The van der Waals surface area contributed by atoms with Crippen molar-refractivity contribution in [3.05, 3.63) is 65.0 Å². The summed E-state index contributed by atoms with van der Waals surface area (Å²) in [5.41, 5.74) is 3.05. The highest BCUT2D eigenvalue weighted by atomic mass is 16.7. The van der Waals surface area contributed by atoms with Gasteiger partial charge in [0.25, 0.3) is 5.91 Å². The Morgan fingerprint density at radius 2 is 1.64 bits per heavy atom. The van der Waals surface area contributed by atoms with Gasteiger partial charge in [0.05, 0.1) is 14.2 Å². The third kappa shape index (κ3) is 5.12. The van der Waals surface area contributed by atoms with Gasteiger partial charge in [-0.25, -0.2) is 0 Å². The van der Waals surface area contributed by atoms with Crippen LogP contribution in [0.5, 0.6) is 23.0 Å². The lowest BCUT2D eigenvalue weighted by molar-refractivity contribution is -0.141. The van der Waals surface area contributed by atoms with Crippen molar-refractivity contribution in [2.45, 2.75) is 13.8 Å². The second-order valence-electron chi connectivity index (χ2n) is 8.03. The van der Waals surface area contributed by atoms with Crippen molar-refractivity contribution in [2.75, 3.05) is 34.2 Å². The second kappa shape index (κ2) is 10.4.